The number of pyridine rings is 1. The van der Waals surface area contributed by atoms with E-state index in [1.165, 1.54) is 0 Å². The zero-order valence-corrected chi connectivity index (χ0v) is 11.7. The zero-order valence-electron chi connectivity index (χ0n) is 10.9. The van der Waals surface area contributed by atoms with Gasteiger partial charge in [-0.15, -0.1) is 16.8 Å². The summed E-state index contributed by atoms with van der Waals surface area (Å²) in [6, 6.07) is 3.85. The van der Waals surface area contributed by atoms with E-state index in [1.807, 2.05) is 25.1 Å². The summed E-state index contributed by atoms with van der Waals surface area (Å²) in [5.74, 6) is 1.68. The van der Waals surface area contributed by atoms with E-state index >= 15 is 0 Å². The van der Waals surface area contributed by atoms with Gasteiger partial charge in [0.2, 0.25) is 0 Å². The summed E-state index contributed by atoms with van der Waals surface area (Å²) in [6.45, 7) is 10.4. The van der Waals surface area contributed by atoms with Crippen molar-refractivity contribution in [2.24, 2.45) is 0 Å². The first kappa shape index (κ1) is 13.5. The Morgan fingerprint density at radius 2 is 2.11 bits per heavy atom. The molecule has 0 amide bonds. The van der Waals surface area contributed by atoms with Crippen molar-refractivity contribution in [3.8, 4) is 11.4 Å². The topological polar surface area (TPSA) is 43.6 Å². The Morgan fingerprint density at radius 3 is 2.74 bits per heavy atom. The van der Waals surface area contributed by atoms with E-state index in [2.05, 4.69) is 32.9 Å². The summed E-state index contributed by atoms with van der Waals surface area (Å²) >= 11 is 1.64. The Hall–Kier alpha value is -1.88. The minimum atomic E-state index is 0.684. The molecule has 2 rings (SSSR count). The molecule has 0 aliphatic heterocycles. The molecule has 0 spiro atoms. The molecule has 0 aromatic carbocycles. The molecule has 2 aromatic heterocycles. The first-order chi connectivity index (χ1) is 9.22. The van der Waals surface area contributed by atoms with Gasteiger partial charge >= 0.3 is 0 Å². The SMILES string of the molecule is C=CCn1c(SCC(=C)C)nnc1-c1ccncc1. The lowest BCUT2D eigenvalue weighted by Gasteiger charge is -2.07. The van der Waals surface area contributed by atoms with Gasteiger partial charge in [-0.2, -0.15) is 0 Å². The molecule has 0 unspecified atom stereocenters. The molecule has 5 heteroatoms. The highest BCUT2D eigenvalue weighted by Crippen LogP contribution is 2.24. The van der Waals surface area contributed by atoms with Gasteiger partial charge in [0.1, 0.15) is 0 Å². The lowest BCUT2D eigenvalue weighted by molar-refractivity contribution is 0.731. The molecule has 19 heavy (non-hydrogen) atoms. The van der Waals surface area contributed by atoms with Gasteiger partial charge in [0.05, 0.1) is 0 Å². The average Bonchev–Trinajstić information content (AvgIpc) is 2.81. The van der Waals surface area contributed by atoms with Crippen LogP contribution in [0.25, 0.3) is 11.4 Å². The molecule has 0 N–H and O–H groups in total. The number of allylic oxidation sites excluding steroid dienone is 1. The highest BCUT2D eigenvalue weighted by atomic mass is 32.2. The minimum Gasteiger partial charge on any atom is -0.298 e. The second kappa shape index (κ2) is 6.33. The predicted octanol–water partition coefficient (Wildman–Crippen LogP) is 3.19. The Morgan fingerprint density at radius 1 is 1.37 bits per heavy atom. The van der Waals surface area contributed by atoms with Crippen LogP contribution in [0, 0.1) is 0 Å². The Balaban J connectivity index is 2.34. The highest BCUT2D eigenvalue weighted by Gasteiger charge is 2.13. The van der Waals surface area contributed by atoms with Gasteiger partial charge in [-0.1, -0.05) is 30.0 Å². The maximum absolute atomic E-state index is 4.27. The van der Waals surface area contributed by atoms with Crippen molar-refractivity contribution in [2.75, 3.05) is 5.75 Å². The maximum Gasteiger partial charge on any atom is 0.192 e. The highest BCUT2D eigenvalue weighted by molar-refractivity contribution is 7.99. The molecule has 2 heterocycles. The van der Waals surface area contributed by atoms with E-state index in [9.17, 15) is 0 Å². The number of thioether (sulfide) groups is 1. The summed E-state index contributed by atoms with van der Waals surface area (Å²) in [6.07, 6.45) is 5.35. The fraction of sp³-hybridized carbons (Fsp3) is 0.214. The second-order valence-electron chi connectivity index (χ2n) is 4.19. The van der Waals surface area contributed by atoms with Crippen molar-refractivity contribution in [3.05, 3.63) is 49.3 Å². The first-order valence-electron chi connectivity index (χ1n) is 5.94. The molecule has 0 radical (unpaired) electrons. The Kier molecular flexibility index (Phi) is 4.52. The molecule has 0 fully saturated rings. The van der Waals surface area contributed by atoms with Gasteiger partial charge in [0, 0.05) is 30.3 Å². The van der Waals surface area contributed by atoms with Crippen molar-refractivity contribution < 1.29 is 0 Å². The molecular weight excluding hydrogens is 256 g/mol. The first-order valence-corrected chi connectivity index (χ1v) is 6.92. The van der Waals surface area contributed by atoms with E-state index in [-0.39, 0.29) is 0 Å². The maximum atomic E-state index is 4.27. The number of aromatic nitrogens is 4. The standard InChI is InChI=1S/C14H16N4S/c1-4-9-18-13(12-5-7-15-8-6-12)16-17-14(18)19-10-11(2)3/h4-8H,1-2,9-10H2,3H3. The number of nitrogens with zero attached hydrogens (tertiary/aromatic N) is 4. The van der Waals surface area contributed by atoms with Crippen LogP contribution in [0.4, 0.5) is 0 Å². The van der Waals surface area contributed by atoms with Crippen LogP contribution in [0.15, 0.2) is 54.5 Å². The Bertz CT molecular complexity index is 574. The van der Waals surface area contributed by atoms with Crippen molar-refractivity contribution in [1.82, 2.24) is 19.7 Å². The van der Waals surface area contributed by atoms with Crippen LogP contribution in [-0.2, 0) is 6.54 Å². The lowest BCUT2D eigenvalue weighted by Crippen LogP contribution is -2.01. The summed E-state index contributed by atoms with van der Waals surface area (Å²) < 4.78 is 2.05. The minimum absolute atomic E-state index is 0.684. The van der Waals surface area contributed by atoms with Crippen LogP contribution in [0.3, 0.4) is 0 Å². The summed E-state index contributed by atoms with van der Waals surface area (Å²) in [5, 5.41) is 9.40. The van der Waals surface area contributed by atoms with Crippen molar-refractivity contribution in [1.29, 1.82) is 0 Å². The third-order valence-corrected chi connectivity index (χ3v) is 3.61. The van der Waals surface area contributed by atoms with Crippen LogP contribution in [0.2, 0.25) is 0 Å². The second-order valence-corrected chi connectivity index (χ2v) is 5.13. The van der Waals surface area contributed by atoms with Crippen LogP contribution >= 0.6 is 11.8 Å². The van der Waals surface area contributed by atoms with Gasteiger partial charge < -0.3 is 0 Å². The van der Waals surface area contributed by atoms with E-state index in [0.29, 0.717) is 6.54 Å². The molecule has 0 atom stereocenters. The van der Waals surface area contributed by atoms with E-state index in [4.69, 9.17) is 0 Å². The van der Waals surface area contributed by atoms with Gasteiger partial charge in [0.25, 0.3) is 0 Å². The van der Waals surface area contributed by atoms with Gasteiger partial charge in [-0.3, -0.25) is 9.55 Å². The summed E-state index contributed by atoms with van der Waals surface area (Å²) in [7, 11) is 0. The number of hydrogen-bond donors (Lipinski definition) is 0. The molecule has 0 saturated heterocycles. The van der Waals surface area contributed by atoms with Crippen LogP contribution < -0.4 is 0 Å². The zero-order chi connectivity index (χ0) is 13.7. The van der Waals surface area contributed by atoms with E-state index in [1.54, 1.807) is 24.2 Å². The van der Waals surface area contributed by atoms with Crippen molar-refractivity contribution in [2.45, 2.75) is 18.6 Å². The molecule has 0 saturated carbocycles. The molecule has 0 aliphatic carbocycles. The van der Waals surface area contributed by atoms with Crippen LogP contribution in [0.5, 0.6) is 0 Å². The molecule has 4 nitrogen and oxygen atoms in total. The quantitative estimate of drug-likeness (QED) is 0.598. The fourth-order valence-corrected chi connectivity index (χ4v) is 2.38. The number of rotatable bonds is 6. The molecule has 98 valence electrons. The normalized spacial score (nSPS) is 10.4. The summed E-state index contributed by atoms with van der Waals surface area (Å²) in [4.78, 5) is 4.02. The van der Waals surface area contributed by atoms with E-state index < -0.39 is 0 Å². The third-order valence-electron chi connectivity index (χ3n) is 2.41. The van der Waals surface area contributed by atoms with Crippen molar-refractivity contribution >= 4 is 11.8 Å². The van der Waals surface area contributed by atoms with Crippen molar-refractivity contribution in [3.63, 3.8) is 0 Å². The fourth-order valence-electron chi connectivity index (χ4n) is 1.59. The molecule has 2 aromatic rings. The molecule has 0 aliphatic rings. The molecular formula is C14H16N4S. The van der Waals surface area contributed by atoms with Gasteiger partial charge in [-0.25, -0.2) is 0 Å². The molecule has 0 bridgehead atoms. The summed E-state index contributed by atoms with van der Waals surface area (Å²) in [5.41, 5.74) is 2.12. The largest absolute Gasteiger partial charge is 0.298 e. The van der Waals surface area contributed by atoms with Gasteiger partial charge in [-0.05, 0) is 19.1 Å². The predicted molar refractivity (Wildman–Crippen MR) is 79.0 cm³/mol. The third kappa shape index (κ3) is 3.32. The lowest BCUT2D eigenvalue weighted by atomic mass is 10.2. The monoisotopic (exact) mass is 272 g/mol. The van der Waals surface area contributed by atoms with E-state index in [0.717, 1.165) is 27.9 Å². The van der Waals surface area contributed by atoms with Crippen LogP contribution in [-0.4, -0.2) is 25.5 Å². The van der Waals surface area contributed by atoms with Gasteiger partial charge in [0.15, 0.2) is 11.0 Å². The Labute approximate surface area is 117 Å². The average molecular weight is 272 g/mol. The number of hydrogen-bond acceptors (Lipinski definition) is 4. The van der Waals surface area contributed by atoms with Crippen LogP contribution in [0.1, 0.15) is 6.92 Å². The smallest absolute Gasteiger partial charge is 0.192 e.